The average molecular weight is 378 g/mol. The van der Waals surface area contributed by atoms with Gasteiger partial charge in [0.25, 0.3) is 0 Å². The number of hydrogen-bond donors (Lipinski definition) is 0. The molecule has 0 aromatic carbocycles. The third-order valence-electron chi connectivity index (χ3n) is 3.81. The van der Waals surface area contributed by atoms with Gasteiger partial charge in [-0.3, -0.25) is 0 Å². The van der Waals surface area contributed by atoms with Crippen molar-refractivity contribution in [3.05, 3.63) is 10.2 Å². The lowest BCUT2D eigenvalue weighted by atomic mass is 10.0. The van der Waals surface area contributed by atoms with Crippen LogP contribution in [0.25, 0.3) is 0 Å². The Morgan fingerprint density at radius 1 is 0.579 bits per heavy atom. The molecule has 19 heavy (non-hydrogen) atoms. The highest BCUT2D eigenvalue weighted by Crippen LogP contribution is 2.13. The Bertz CT molecular complexity index is 175. The topological polar surface area (TPSA) is 0 Å². The highest BCUT2D eigenvalue weighted by Gasteiger charge is 1.93. The van der Waals surface area contributed by atoms with Crippen molar-refractivity contribution in [2.75, 3.05) is 0 Å². The van der Waals surface area contributed by atoms with E-state index in [1.807, 2.05) is 0 Å². The number of hydrogen-bond acceptors (Lipinski definition) is 0. The molecule has 0 aromatic rings. The first-order valence-electron chi connectivity index (χ1n) is 8.67. The summed E-state index contributed by atoms with van der Waals surface area (Å²) in [5.41, 5.74) is 0. The van der Waals surface area contributed by atoms with E-state index in [0.29, 0.717) is 0 Å². The van der Waals surface area contributed by atoms with E-state index >= 15 is 0 Å². The maximum atomic E-state index is 2.31. The van der Waals surface area contributed by atoms with Crippen LogP contribution in [0.4, 0.5) is 0 Å². The molecule has 0 aromatic heterocycles. The van der Waals surface area contributed by atoms with Crippen LogP contribution in [0.2, 0.25) is 0 Å². The zero-order valence-electron chi connectivity index (χ0n) is 13.1. The Balaban J connectivity index is 2.91. The van der Waals surface area contributed by atoms with Crippen molar-refractivity contribution < 1.29 is 0 Å². The van der Waals surface area contributed by atoms with Crippen LogP contribution in [0.15, 0.2) is 10.2 Å². The minimum absolute atomic E-state index is 1.28. The zero-order chi connectivity index (χ0) is 14.0. The third-order valence-corrected chi connectivity index (χ3v) is 4.32. The van der Waals surface area contributed by atoms with E-state index in [0.717, 1.165) is 0 Å². The predicted octanol–water partition coefficient (Wildman–Crippen LogP) is 7.81. The Hall–Kier alpha value is 0.470. The highest BCUT2D eigenvalue weighted by atomic mass is 127. The van der Waals surface area contributed by atoms with Crippen molar-refractivity contribution >= 4 is 22.6 Å². The summed E-state index contributed by atoms with van der Waals surface area (Å²) in [6, 6.07) is 0. The maximum Gasteiger partial charge on any atom is -0.0274 e. The van der Waals surface area contributed by atoms with Crippen LogP contribution in [0.5, 0.6) is 0 Å². The SMILES string of the molecule is CCCCCCCCCCCCCCCC/C=C\I. The van der Waals surface area contributed by atoms with E-state index in [9.17, 15) is 0 Å². The van der Waals surface area contributed by atoms with E-state index in [2.05, 4.69) is 39.7 Å². The Morgan fingerprint density at radius 2 is 0.947 bits per heavy atom. The molecule has 0 radical (unpaired) electrons. The molecule has 0 aliphatic rings. The summed E-state index contributed by atoms with van der Waals surface area (Å²) in [7, 11) is 0. The van der Waals surface area contributed by atoms with E-state index in [4.69, 9.17) is 0 Å². The van der Waals surface area contributed by atoms with Crippen LogP contribution in [-0.4, -0.2) is 0 Å². The summed E-state index contributed by atoms with van der Waals surface area (Å²) in [6.45, 7) is 2.29. The highest BCUT2D eigenvalue weighted by molar-refractivity contribution is 14.1. The minimum atomic E-state index is 1.28. The summed E-state index contributed by atoms with van der Waals surface area (Å²) in [4.78, 5) is 0. The molecule has 114 valence electrons. The van der Waals surface area contributed by atoms with Crippen molar-refractivity contribution in [3.63, 3.8) is 0 Å². The Kier molecular flexibility index (Phi) is 18.9. The Morgan fingerprint density at radius 3 is 1.32 bits per heavy atom. The second-order valence-electron chi connectivity index (χ2n) is 5.75. The molecule has 0 aliphatic carbocycles. The number of halogens is 1. The minimum Gasteiger partial charge on any atom is -0.0785 e. The van der Waals surface area contributed by atoms with Crippen molar-refractivity contribution in [2.45, 2.75) is 103 Å². The van der Waals surface area contributed by atoms with E-state index in [1.165, 1.54) is 96.3 Å². The molecule has 0 saturated carbocycles. The standard InChI is InChI=1S/C18H35I/c1-2-3-4-5-6-7-8-9-10-11-12-13-14-15-16-17-18-19/h17-18H,2-16H2,1H3/b18-17-. The molecule has 0 rings (SSSR count). The fourth-order valence-electron chi connectivity index (χ4n) is 2.52. The summed E-state index contributed by atoms with van der Waals surface area (Å²) in [5.74, 6) is 0. The van der Waals surface area contributed by atoms with Crippen LogP contribution in [0.1, 0.15) is 103 Å². The second-order valence-corrected chi connectivity index (χ2v) is 6.47. The number of rotatable bonds is 15. The molecule has 1 heteroatoms. The van der Waals surface area contributed by atoms with E-state index in [1.54, 1.807) is 0 Å². The molecule has 0 nitrogen and oxygen atoms in total. The lowest BCUT2D eigenvalue weighted by Crippen LogP contribution is -1.83. The van der Waals surface area contributed by atoms with Gasteiger partial charge in [0.15, 0.2) is 0 Å². The smallest absolute Gasteiger partial charge is 0.0274 e. The molecule has 0 aliphatic heterocycles. The Labute approximate surface area is 136 Å². The van der Waals surface area contributed by atoms with Crippen molar-refractivity contribution in [3.8, 4) is 0 Å². The molecule has 0 N–H and O–H groups in total. The molecule has 0 spiro atoms. The van der Waals surface area contributed by atoms with Gasteiger partial charge in [-0.1, -0.05) is 119 Å². The lowest BCUT2D eigenvalue weighted by molar-refractivity contribution is 0.536. The summed E-state index contributed by atoms with van der Waals surface area (Å²) < 4.78 is 2.14. The molecule has 0 atom stereocenters. The molecule has 0 bridgehead atoms. The van der Waals surface area contributed by atoms with Crippen LogP contribution in [0.3, 0.4) is 0 Å². The first-order chi connectivity index (χ1) is 9.41. The second kappa shape index (κ2) is 18.5. The van der Waals surface area contributed by atoms with Gasteiger partial charge < -0.3 is 0 Å². The fraction of sp³-hybridized carbons (Fsp3) is 0.889. The molecule has 0 unspecified atom stereocenters. The summed E-state index contributed by atoms with van der Waals surface area (Å²) >= 11 is 2.31. The van der Waals surface area contributed by atoms with Gasteiger partial charge in [0.2, 0.25) is 0 Å². The fourth-order valence-corrected chi connectivity index (χ4v) is 2.88. The monoisotopic (exact) mass is 378 g/mol. The normalized spacial score (nSPS) is 11.5. The van der Waals surface area contributed by atoms with E-state index < -0.39 is 0 Å². The van der Waals surface area contributed by atoms with E-state index in [-0.39, 0.29) is 0 Å². The lowest BCUT2D eigenvalue weighted by Gasteiger charge is -2.02. The van der Waals surface area contributed by atoms with Gasteiger partial charge in [-0.25, -0.2) is 0 Å². The van der Waals surface area contributed by atoms with Gasteiger partial charge in [0, 0.05) is 0 Å². The van der Waals surface area contributed by atoms with Crippen LogP contribution < -0.4 is 0 Å². The molecule has 0 heterocycles. The largest absolute Gasteiger partial charge is 0.0785 e. The number of unbranched alkanes of at least 4 members (excludes halogenated alkanes) is 14. The summed E-state index contributed by atoms with van der Waals surface area (Å²) in [6.07, 6.45) is 23.9. The van der Waals surface area contributed by atoms with Crippen LogP contribution in [0, 0.1) is 0 Å². The molecular weight excluding hydrogens is 343 g/mol. The van der Waals surface area contributed by atoms with Crippen LogP contribution >= 0.6 is 22.6 Å². The van der Waals surface area contributed by atoms with Gasteiger partial charge in [0.05, 0.1) is 0 Å². The third kappa shape index (κ3) is 18.5. The zero-order valence-corrected chi connectivity index (χ0v) is 15.3. The first-order valence-corrected chi connectivity index (χ1v) is 9.91. The van der Waals surface area contributed by atoms with Gasteiger partial charge >= 0.3 is 0 Å². The molecule has 0 saturated heterocycles. The van der Waals surface area contributed by atoms with Gasteiger partial charge in [-0.2, -0.15) is 0 Å². The van der Waals surface area contributed by atoms with Gasteiger partial charge in [-0.15, -0.1) is 0 Å². The molecular formula is C18H35I. The maximum absolute atomic E-state index is 2.31. The predicted molar refractivity (Wildman–Crippen MR) is 98.1 cm³/mol. The quantitative estimate of drug-likeness (QED) is 0.201. The first kappa shape index (κ1) is 19.5. The number of allylic oxidation sites excluding steroid dienone is 1. The van der Waals surface area contributed by atoms with Gasteiger partial charge in [0.1, 0.15) is 0 Å². The van der Waals surface area contributed by atoms with Crippen LogP contribution in [-0.2, 0) is 0 Å². The molecule has 0 fully saturated rings. The average Bonchev–Trinajstić information content (AvgIpc) is 2.43. The van der Waals surface area contributed by atoms with Crippen molar-refractivity contribution in [1.29, 1.82) is 0 Å². The summed E-state index contributed by atoms with van der Waals surface area (Å²) in [5, 5.41) is 0. The van der Waals surface area contributed by atoms with Crippen molar-refractivity contribution in [2.24, 2.45) is 0 Å². The van der Waals surface area contributed by atoms with Gasteiger partial charge in [-0.05, 0) is 16.9 Å². The van der Waals surface area contributed by atoms with Crippen molar-refractivity contribution in [1.82, 2.24) is 0 Å². The molecule has 0 amide bonds.